The lowest BCUT2D eigenvalue weighted by Gasteiger charge is -2.30. The summed E-state index contributed by atoms with van der Waals surface area (Å²) >= 11 is 0. The molecule has 1 aliphatic heterocycles. The standard InChI is InChI=1S/C13H17F3N2/c1-2-17-8-11-12-9(6-7-18-11)4-3-5-10(12)13(14,15)16/h3-5,11,17-18H,2,6-8H2,1H3. The zero-order valence-electron chi connectivity index (χ0n) is 10.3. The summed E-state index contributed by atoms with van der Waals surface area (Å²) < 4.78 is 39.1. The van der Waals surface area contributed by atoms with Crippen LogP contribution in [0, 0.1) is 0 Å². The van der Waals surface area contributed by atoms with E-state index in [4.69, 9.17) is 0 Å². The van der Waals surface area contributed by atoms with Gasteiger partial charge in [0.15, 0.2) is 0 Å². The quantitative estimate of drug-likeness (QED) is 0.870. The van der Waals surface area contributed by atoms with E-state index in [1.54, 1.807) is 6.07 Å². The van der Waals surface area contributed by atoms with Crippen molar-refractivity contribution in [2.75, 3.05) is 19.6 Å². The van der Waals surface area contributed by atoms with Crippen LogP contribution in [-0.4, -0.2) is 19.6 Å². The molecule has 2 N–H and O–H groups in total. The molecule has 1 atom stereocenters. The molecule has 0 aliphatic carbocycles. The minimum atomic E-state index is -4.28. The van der Waals surface area contributed by atoms with Crippen LogP contribution < -0.4 is 10.6 Å². The molecular formula is C13H17F3N2. The maximum Gasteiger partial charge on any atom is 0.416 e. The highest BCUT2D eigenvalue weighted by atomic mass is 19.4. The molecule has 1 unspecified atom stereocenters. The molecule has 100 valence electrons. The van der Waals surface area contributed by atoms with Crippen LogP contribution in [0.4, 0.5) is 13.2 Å². The molecule has 0 saturated carbocycles. The van der Waals surface area contributed by atoms with Crippen molar-refractivity contribution in [3.63, 3.8) is 0 Å². The number of nitrogens with one attached hydrogen (secondary N) is 2. The van der Waals surface area contributed by atoms with Gasteiger partial charge in [0.05, 0.1) is 5.56 Å². The van der Waals surface area contributed by atoms with E-state index < -0.39 is 11.7 Å². The van der Waals surface area contributed by atoms with Crippen molar-refractivity contribution in [3.8, 4) is 0 Å². The van der Waals surface area contributed by atoms with E-state index in [1.807, 2.05) is 6.92 Å². The molecule has 0 radical (unpaired) electrons. The Morgan fingerprint density at radius 2 is 2.17 bits per heavy atom. The summed E-state index contributed by atoms with van der Waals surface area (Å²) in [6.07, 6.45) is -3.63. The maximum atomic E-state index is 13.0. The molecule has 0 fully saturated rings. The molecule has 2 rings (SSSR count). The molecule has 0 aromatic heterocycles. The largest absolute Gasteiger partial charge is 0.416 e. The molecule has 0 bridgehead atoms. The number of hydrogen-bond acceptors (Lipinski definition) is 2. The van der Waals surface area contributed by atoms with Gasteiger partial charge in [-0.05, 0) is 36.7 Å². The van der Waals surface area contributed by atoms with Crippen molar-refractivity contribution < 1.29 is 13.2 Å². The molecule has 18 heavy (non-hydrogen) atoms. The first-order chi connectivity index (χ1) is 8.54. The van der Waals surface area contributed by atoms with Gasteiger partial charge in [0.1, 0.15) is 0 Å². The molecule has 1 aromatic rings. The van der Waals surface area contributed by atoms with Gasteiger partial charge in [-0.15, -0.1) is 0 Å². The predicted octanol–water partition coefficient (Wildman–Crippen LogP) is 2.50. The van der Waals surface area contributed by atoms with Crippen LogP contribution in [0.5, 0.6) is 0 Å². The number of rotatable bonds is 3. The number of fused-ring (bicyclic) bond motifs is 1. The van der Waals surface area contributed by atoms with Crippen molar-refractivity contribution in [1.82, 2.24) is 10.6 Å². The zero-order chi connectivity index (χ0) is 13.2. The Morgan fingerprint density at radius 1 is 1.39 bits per heavy atom. The molecule has 0 spiro atoms. The van der Waals surface area contributed by atoms with Gasteiger partial charge in [0.25, 0.3) is 0 Å². The van der Waals surface area contributed by atoms with Gasteiger partial charge in [-0.1, -0.05) is 19.1 Å². The second-order valence-corrected chi connectivity index (χ2v) is 4.44. The van der Waals surface area contributed by atoms with E-state index in [0.717, 1.165) is 18.7 Å². The van der Waals surface area contributed by atoms with Crippen molar-refractivity contribution in [2.45, 2.75) is 25.6 Å². The van der Waals surface area contributed by atoms with Crippen molar-refractivity contribution in [2.24, 2.45) is 0 Å². The van der Waals surface area contributed by atoms with Gasteiger partial charge in [-0.3, -0.25) is 0 Å². The third-order valence-electron chi connectivity index (χ3n) is 3.23. The van der Waals surface area contributed by atoms with Gasteiger partial charge >= 0.3 is 6.18 Å². The first-order valence-corrected chi connectivity index (χ1v) is 6.17. The normalized spacial score (nSPS) is 19.7. The Labute approximate surface area is 105 Å². The highest BCUT2D eigenvalue weighted by Gasteiger charge is 2.37. The molecule has 0 amide bonds. The van der Waals surface area contributed by atoms with E-state index >= 15 is 0 Å². The first kappa shape index (κ1) is 13.4. The van der Waals surface area contributed by atoms with Crippen LogP contribution in [0.1, 0.15) is 29.7 Å². The maximum absolute atomic E-state index is 13.0. The lowest BCUT2D eigenvalue weighted by molar-refractivity contribution is -0.138. The van der Waals surface area contributed by atoms with Crippen LogP contribution in [0.2, 0.25) is 0 Å². The smallest absolute Gasteiger partial charge is 0.315 e. The Balaban J connectivity index is 2.40. The van der Waals surface area contributed by atoms with Crippen molar-refractivity contribution >= 4 is 0 Å². The Bertz CT molecular complexity index is 415. The van der Waals surface area contributed by atoms with E-state index in [9.17, 15) is 13.2 Å². The number of hydrogen-bond donors (Lipinski definition) is 2. The van der Waals surface area contributed by atoms with Crippen LogP contribution in [0.25, 0.3) is 0 Å². The van der Waals surface area contributed by atoms with E-state index in [0.29, 0.717) is 18.5 Å². The highest BCUT2D eigenvalue weighted by Crippen LogP contribution is 2.37. The molecule has 5 heteroatoms. The summed E-state index contributed by atoms with van der Waals surface area (Å²) in [7, 11) is 0. The summed E-state index contributed by atoms with van der Waals surface area (Å²) in [5, 5.41) is 6.27. The highest BCUT2D eigenvalue weighted by molar-refractivity contribution is 5.41. The Kier molecular flexibility index (Phi) is 3.92. The van der Waals surface area contributed by atoms with Crippen LogP contribution in [0.3, 0.4) is 0 Å². The van der Waals surface area contributed by atoms with E-state index in [-0.39, 0.29) is 6.04 Å². The van der Waals surface area contributed by atoms with Crippen LogP contribution in [0.15, 0.2) is 18.2 Å². The summed E-state index contributed by atoms with van der Waals surface area (Å²) in [6, 6.07) is 4.21. The fourth-order valence-corrected chi connectivity index (χ4v) is 2.44. The second-order valence-electron chi connectivity index (χ2n) is 4.44. The molecule has 1 aliphatic rings. The summed E-state index contributed by atoms with van der Waals surface area (Å²) in [5.41, 5.74) is 0.721. The average molecular weight is 258 g/mol. The SMILES string of the molecule is CCNCC1NCCc2cccc(C(F)(F)F)c21. The summed E-state index contributed by atoms with van der Waals surface area (Å²) in [5.74, 6) is 0. The number of alkyl halides is 3. The van der Waals surface area contributed by atoms with E-state index in [1.165, 1.54) is 12.1 Å². The lowest BCUT2D eigenvalue weighted by atomic mass is 9.89. The molecule has 0 saturated heterocycles. The zero-order valence-corrected chi connectivity index (χ0v) is 10.3. The van der Waals surface area contributed by atoms with Crippen LogP contribution >= 0.6 is 0 Å². The van der Waals surface area contributed by atoms with Gasteiger partial charge in [-0.25, -0.2) is 0 Å². The van der Waals surface area contributed by atoms with Gasteiger partial charge in [0, 0.05) is 12.6 Å². The Morgan fingerprint density at radius 3 is 2.83 bits per heavy atom. The van der Waals surface area contributed by atoms with Gasteiger partial charge < -0.3 is 10.6 Å². The molecular weight excluding hydrogens is 241 g/mol. The van der Waals surface area contributed by atoms with E-state index in [2.05, 4.69) is 10.6 Å². The average Bonchev–Trinajstić information content (AvgIpc) is 2.34. The van der Waals surface area contributed by atoms with Gasteiger partial charge in [0.2, 0.25) is 0 Å². The van der Waals surface area contributed by atoms with Gasteiger partial charge in [-0.2, -0.15) is 13.2 Å². The minimum absolute atomic E-state index is 0.258. The first-order valence-electron chi connectivity index (χ1n) is 6.17. The molecule has 2 nitrogen and oxygen atoms in total. The second kappa shape index (κ2) is 5.28. The van der Waals surface area contributed by atoms with Crippen LogP contribution in [-0.2, 0) is 12.6 Å². The number of likely N-dealkylation sites (N-methyl/N-ethyl adjacent to an activating group) is 1. The topological polar surface area (TPSA) is 24.1 Å². The minimum Gasteiger partial charge on any atom is -0.315 e. The predicted molar refractivity (Wildman–Crippen MR) is 64.4 cm³/mol. The van der Waals surface area contributed by atoms with Crippen molar-refractivity contribution in [3.05, 3.63) is 34.9 Å². The fourth-order valence-electron chi connectivity index (χ4n) is 2.44. The molecule has 1 aromatic carbocycles. The lowest BCUT2D eigenvalue weighted by Crippen LogP contribution is -2.38. The third kappa shape index (κ3) is 2.67. The number of benzene rings is 1. The molecule has 1 heterocycles. The van der Waals surface area contributed by atoms with Crippen molar-refractivity contribution in [1.29, 1.82) is 0 Å². The summed E-state index contributed by atoms with van der Waals surface area (Å²) in [6.45, 7) is 3.95. The number of halogens is 3. The Hall–Kier alpha value is -1.07. The fraction of sp³-hybridized carbons (Fsp3) is 0.538. The monoisotopic (exact) mass is 258 g/mol. The summed E-state index contributed by atoms with van der Waals surface area (Å²) in [4.78, 5) is 0. The third-order valence-corrected chi connectivity index (χ3v) is 3.23.